The summed E-state index contributed by atoms with van der Waals surface area (Å²) < 4.78 is 43.0. The van der Waals surface area contributed by atoms with Crippen LogP contribution in [0.2, 0.25) is 0 Å². The molecule has 2 heterocycles. The van der Waals surface area contributed by atoms with Gasteiger partial charge < -0.3 is 19.1 Å². The van der Waals surface area contributed by atoms with E-state index in [-0.39, 0.29) is 16.6 Å². The number of ether oxygens (including phenoxy) is 3. The van der Waals surface area contributed by atoms with E-state index in [4.69, 9.17) is 14.2 Å². The minimum Gasteiger partial charge on any atom is -0.497 e. The SMILES string of the molecule is COc1ccc(CN2CCN(C(=O)c3ccc(CS(=O)(=O)c4cccc5cccnc45)cc3OC)CC2)c(OC)c1. The summed E-state index contributed by atoms with van der Waals surface area (Å²) in [5.41, 5.74) is 2.44. The Labute approximate surface area is 240 Å². The van der Waals surface area contributed by atoms with Crippen LogP contribution in [0.5, 0.6) is 17.2 Å². The monoisotopic (exact) mass is 575 g/mol. The van der Waals surface area contributed by atoms with Crippen LogP contribution in [0.4, 0.5) is 0 Å². The first kappa shape index (κ1) is 28.4. The van der Waals surface area contributed by atoms with Crippen LogP contribution in [-0.4, -0.2) is 76.6 Å². The van der Waals surface area contributed by atoms with Gasteiger partial charge in [0.15, 0.2) is 9.84 Å². The fourth-order valence-electron chi connectivity index (χ4n) is 5.13. The topological polar surface area (TPSA) is 98.3 Å². The van der Waals surface area contributed by atoms with E-state index in [0.717, 1.165) is 22.4 Å². The third-order valence-electron chi connectivity index (χ3n) is 7.33. The highest BCUT2D eigenvalue weighted by molar-refractivity contribution is 7.90. The molecule has 0 spiro atoms. The van der Waals surface area contributed by atoms with Crippen molar-refractivity contribution in [2.45, 2.75) is 17.2 Å². The van der Waals surface area contributed by atoms with Crippen molar-refractivity contribution >= 4 is 26.6 Å². The zero-order chi connectivity index (χ0) is 29.0. The van der Waals surface area contributed by atoms with Crippen molar-refractivity contribution in [3.63, 3.8) is 0 Å². The Balaban J connectivity index is 1.26. The van der Waals surface area contributed by atoms with Gasteiger partial charge in [-0.1, -0.05) is 30.3 Å². The lowest BCUT2D eigenvalue weighted by Crippen LogP contribution is -2.48. The molecule has 1 aliphatic heterocycles. The van der Waals surface area contributed by atoms with Gasteiger partial charge in [-0.05, 0) is 35.9 Å². The van der Waals surface area contributed by atoms with Crippen molar-refractivity contribution in [1.29, 1.82) is 0 Å². The maximum absolute atomic E-state index is 13.4. The first-order valence-electron chi connectivity index (χ1n) is 13.3. The molecule has 0 unspecified atom stereocenters. The van der Waals surface area contributed by atoms with Crippen molar-refractivity contribution < 1.29 is 27.4 Å². The number of hydrogen-bond donors (Lipinski definition) is 0. The van der Waals surface area contributed by atoms with E-state index in [1.54, 1.807) is 61.7 Å². The van der Waals surface area contributed by atoms with Gasteiger partial charge in [0.1, 0.15) is 17.2 Å². The molecule has 0 N–H and O–H groups in total. The van der Waals surface area contributed by atoms with E-state index >= 15 is 0 Å². The minimum atomic E-state index is -3.69. The summed E-state index contributed by atoms with van der Waals surface area (Å²) in [6.45, 7) is 3.24. The van der Waals surface area contributed by atoms with Crippen LogP contribution in [0, 0.1) is 0 Å². The average molecular weight is 576 g/mol. The molecular formula is C31H33N3O6S. The number of hydrogen-bond acceptors (Lipinski definition) is 8. The third-order valence-corrected chi connectivity index (χ3v) is 9.04. The van der Waals surface area contributed by atoms with Gasteiger partial charge in [0.2, 0.25) is 0 Å². The summed E-state index contributed by atoms with van der Waals surface area (Å²) >= 11 is 0. The van der Waals surface area contributed by atoms with Crippen LogP contribution in [0.25, 0.3) is 10.9 Å². The fourth-order valence-corrected chi connectivity index (χ4v) is 6.65. The van der Waals surface area contributed by atoms with E-state index in [9.17, 15) is 13.2 Å². The number of rotatable bonds is 9. The van der Waals surface area contributed by atoms with E-state index in [1.165, 1.54) is 7.11 Å². The molecule has 214 valence electrons. The van der Waals surface area contributed by atoms with Crippen molar-refractivity contribution in [3.8, 4) is 17.2 Å². The molecule has 5 rings (SSSR count). The number of pyridine rings is 1. The minimum absolute atomic E-state index is 0.142. The molecule has 1 saturated heterocycles. The Bertz CT molecular complexity index is 1660. The molecule has 1 aromatic heterocycles. The zero-order valence-corrected chi connectivity index (χ0v) is 24.2. The standard InChI is InChI=1S/C31H33N3O6S/c1-38-25-11-10-24(27(19-25)39-2)20-33-14-16-34(17-15-33)31(35)26-12-9-22(18-28(26)40-3)21-41(36,37)29-8-4-6-23-7-5-13-32-30(23)29/h4-13,18-19H,14-17,20-21H2,1-3H3. The summed E-state index contributed by atoms with van der Waals surface area (Å²) in [6.07, 6.45) is 1.58. The van der Waals surface area contributed by atoms with Crippen molar-refractivity contribution in [1.82, 2.24) is 14.8 Å². The smallest absolute Gasteiger partial charge is 0.257 e. The maximum atomic E-state index is 13.4. The number of aromatic nitrogens is 1. The molecule has 0 saturated carbocycles. The lowest BCUT2D eigenvalue weighted by molar-refractivity contribution is 0.0624. The van der Waals surface area contributed by atoms with E-state index in [1.807, 2.05) is 30.3 Å². The Kier molecular flexibility index (Phi) is 8.41. The van der Waals surface area contributed by atoms with Crippen LogP contribution in [0.1, 0.15) is 21.5 Å². The number of methoxy groups -OCH3 is 3. The number of nitrogens with zero attached hydrogens (tertiary/aromatic N) is 3. The summed E-state index contributed by atoms with van der Waals surface area (Å²) in [4.78, 5) is 22.0. The maximum Gasteiger partial charge on any atom is 0.257 e. The lowest BCUT2D eigenvalue weighted by Gasteiger charge is -2.35. The molecule has 3 aromatic carbocycles. The second kappa shape index (κ2) is 12.2. The predicted molar refractivity (Wildman–Crippen MR) is 156 cm³/mol. The number of sulfone groups is 1. The highest BCUT2D eigenvalue weighted by atomic mass is 32.2. The summed E-state index contributed by atoms with van der Waals surface area (Å²) in [7, 11) is 1.06. The van der Waals surface area contributed by atoms with Gasteiger partial charge in [-0.15, -0.1) is 0 Å². The van der Waals surface area contributed by atoms with E-state index in [2.05, 4.69) is 9.88 Å². The fraction of sp³-hybridized carbons (Fsp3) is 0.290. The highest BCUT2D eigenvalue weighted by Crippen LogP contribution is 2.29. The van der Waals surface area contributed by atoms with Gasteiger partial charge in [-0.3, -0.25) is 14.7 Å². The number of benzene rings is 3. The number of amides is 1. The Morgan fingerprint density at radius 3 is 2.34 bits per heavy atom. The van der Waals surface area contributed by atoms with Crippen LogP contribution in [0.15, 0.2) is 77.8 Å². The number of fused-ring (bicyclic) bond motifs is 1. The molecule has 1 fully saturated rings. The van der Waals surface area contributed by atoms with Crippen LogP contribution in [0.3, 0.4) is 0 Å². The molecule has 0 aliphatic carbocycles. The highest BCUT2D eigenvalue weighted by Gasteiger charge is 2.26. The van der Waals surface area contributed by atoms with Gasteiger partial charge in [0.05, 0.1) is 43.1 Å². The van der Waals surface area contributed by atoms with Gasteiger partial charge in [0, 0.05) is 55.9 Å². The Morgan fingerprint density at radius 1 is 0.854 bits per heavy atom. The van der Waals surface area contributed by atoms with Gasteiger partial charge in [-0.25, -0.2) is 8.42 Å². The molecule has 1 amide bonds. The van der Waals surface area contributed by atoms with Gasteiger partial charge in [0.25, 0.3) is 5.91 Å². The first-order chi connectivity index (χ1) is 19.8. The summed E-state index contributed by atoms with van der Waals surface area (Å²) in [6, 6.07) is 19.5. The Hall–Kier alpha value is -4.15. The molecule has 0 radical (unpaired) electrons. The molecule has 0 atom stereocenters. The van der Waals surface area contributed by atoms with Gasteiger partial charge >= 0.3 is 0 Å². The van der Waals surface area contributed by atoms with Gasteiger partial charge in [-0.2, -0.15) is 0 Å². The van der Waals surface area contributed by atoms with Crippen LogP contribution < -0.4 is 14.2 Å². The Morgan fingerprint density at radius 2 is 1.61 bits per heavy atom. The number of carbonyl (C=O) groups excluding carboxylic acids is 1. The second-order valence-corrected chi connectivity index (χ2v) is 11.8. The average Bonchev–Trinajstić information content (AvgIpc) is 3.00. The molecule has 4 aromatic rings. The molecule has 41 heavy (non-hydrogen) atoms. The van der Waals surface area contributed by atoms with Crippen LogP contribution in [-0.2, 0) is 22.1 Å². The molecule has 0 bridgehead atoms. The largest absolute Gasteiger partial charge is 0.497 e. The quantitative estimate of drug-likeness (QED) is 0.293. The predicted octanol–water partition coefficient (Wildman–Crippen LogP) is 4.19. The van der Waals surface area contributed by atoms with Crippen molar-refractivity contribution in [2.75, 3.05) is 47.5 Å². The van der Waals surface area contributed by atoms with E-state index in [0.29, 0.717) is 55.1 Å². The lowest BCUT2D eigenvalue weighted by atomic mass is 10.1. The van der Waals surface area contributed by atoms with E-state index < -0.39 is 9.84 Å². The molecule has 9 nitrogen and oxygen atoms in total. The van der Waals surface area contributed by atoms with Crippen molar-refractivity contribution in [3.05, 3.63) is 89.6 Å². The molecule has 10 heteroatoms. The number of para-hydroxylation sites is 1. The second-order valence-electron chi connectivity index (χ2n) is 9.87. The van der Waals surface area contributed by atoms with Crippen LogP contribution >= 0.6 is 0 Å². The number of carbonyl (C=O) groups is 1. The summed E-state index contributed by atoms with van der Waals surface area (Å²) in [5, 5.41) is 0.760. The number of piperazine rings is 1. The normalized spacial score (nSPS) is 14.2. The third kappa shape index (κ3) is 6.13. The zero-order valence-electron chi connectivity index (χ0n) is 23.4. The molecular weight excluding hydrogens is 542 g/mol. The first-order valence-corrected chi connectivity index (χ1v) is 14.9. The summed E-state index contributed by atoms with van der Waals surface area (Å²) in [5.74, 6) is 1.48. The van der Waals surface area contributed by atoms with Crippen molar-refractivity contribution in [2.24, 2.45) is 0 Å². The molecule has 1 aliphatic rings.